The summed E-state index contributed by atoms with van der Waals surface area (Å²) in [7, 11) is 3.51. The van der Waals surface area contributed by atoms with Crippen LogP contribution < -0.4 is 14.8 Å². The zero-order valence-corrected chi connectivity index (χ0v) is 24.9. The van der Waals surface area contributed by atoms with Gasteiger partial charge in [0.05, 0.1) is 32.4 Å². The second-order valence-corrected chi connectivity index (χ2v) is 10.7. The summed E-state index contributed by atoms with van der Waals surface area (Å²) < 4.78 is 16.3. The molecule has 1 aliphatic carbocycles. The number of ether oxygens (including phenoxy) is 3. The molecule has 1 aliphatic heterocycles. The van der Waals surface area contributed by atoms with Crippen molar-refractivity contribution in [3.63, 3.8) is 0 Å². The van der Waals surface area contributed by atoms with Gasteiger partial charge in [-0.15, -0.1) is 0 Å². The number of guanidine groups is 1. The number of fused-ring (bicyclic) bond motifs is 1. The first-order valence-corrected chi connectivity index (χ1v) is 14.8. The van der Waals surface area contributed by atoms with Crippen LogP contribution in [0.15, 0.2) is 47.5 Å². The van der Waals surface area contributed by atoms with Crippen LogP contribution in [0.3, 0.4) is 0 Å². The SMILES string of the molecule is CCOC(=O)CN1Cc2cc(OCCCC(=O)N(C)C3CCCCC3)ccc2N=C1NC(=O)Cc1ccc(OC)cc1. The minimum atomic E-state index is -0.409. The number of benzene rings is 2. The van der Waals surface area contributed by atoms with Gasteiger partial charge in [0, 0.05) is 31.6 Å². The topological polar surface area (TPSA) is 110 Å². The Morgan fingerprint density at radius 1 is 1.05 bits per heavy atom. The molecule has 0 bridgehead atoms. The van der Waals surface area contributed by atoms with E-state index in [-0.39, 0.29) is 31.4 Å². The molecule has 1 fully saturated rings. The first-order chi connectivity index (χ1) is 20.4. The first-order valence-electron chi connectivity index (χ1n) is 14.8. The lowest BCUT2D eigenvalue weighted by Gasteiger charge is -2.31. The van der Waals surface area contributed by atoms with Gasteiger partial charge in [0.15, 0.2) is 0 Å². The van der Waals surface area contributed by atoms with E-state index in [1.807, 2.05) is 42.3 Å². The number of rotatable bonds is 12. The van der Waals surface area contributed by atoms with Gasteiger partial charge < -0.3 is 24.0 Å². The minimum Gasteiger partial charge on any atom is -0.497 e. The lowest BCUT2D eigenvalue weighted by Crippen LogP contribution is -2.47. The summed E-state index contributed by atoms with van der Waals surface area (Å²) in [6, 6.07) is 13.2. The number of amides is 2. The molecule has 2 aromatic carbocycles. The van der Waals surface area contributed by atoms with Crippen molar-refractivity contribution in [3.05, 3.63) is 53.6 Å². The summed E-state index contributed by atoms with van der Waals surface area (Å²) in [6.45, 7) is 2.72. The van der Waals surface area contributed by atoms with Gasteiger partial charge in [-0.3, -0.25) is 19.7 Å². The Morgan fingerprint density at radius 3 is 2.50 bits per heavy atom. The maximum Gasteiger partial charge on any atom is 0.325 e. The zero-order valence-electron chi connectivity index (χ0n) is 24.9. The zero-order chi connectivity index (χ0) is 29.9. The molecule has 0 saturated heterocycles. The number of hydrogen-bond donors (Lipinski definition) is 1. The van der Waals surface area contributed by atoms with Gasteiger partial charge >= 0.3 is 5.97 Å². The highest BCUT2D eigenvalue weighted by atomic mass is 16.5. The van der Waals surface area contributed by atoms with Crippen LogP contribution in [0.25, 0.3) is 0 Å². The van der Waals surface area contributed by atoms with Crippen LogP contribution in [-0.4, -0.2) is 73.5 Å². The second-order valence-electron chi connectivity index (χ2n) is 10.7. The predicted molar refractivity (Wildman–Crippen MR) is 160 cm³/mol. The molecule has 1 saturated carbocycles. The summed E-state index contributed by atoms with van der Waals surface area (Å²) >= 11 is 0. The van der Waals surface area contributed by atoms with Crippen LogP contribution >= 0.6 is 0 Å². The van der Waals surface area contributed by atoms with Crippen molar-refractivity contribution in [1.82, 2.24) is 15.1 Å². The van der Waals surface area contributed by atoms with E-state index in [1.54, 1.807) is 31.1 Å². The van der Waals surface area contributed by atoms with Crippen LogP contribution in [0.1, 0.15) is 63.0 Å². The Kier molecular flexibility index (Phi) is 11.2. The summed E-state index contributed by atoms with van der Waals surface area (Å²) in [5.41, 5.74) is 2.37. The molecule has 226 valence electrons. The van der Waals surface area contributed by atoms with E-state index in [0.29, 0.717) is 55.2 Å². The van der Waals surface area contributed by atoms with Crippen molar-refractivity contribution in [3.8, 4) is 11.5 Å². The van der Waals surface area contributed by atoms with E-state index in [4.69, 9.17) is 14.2 Å². The van der Waals surface area contributed by atoms with Crippen LogP contribution in [0.4, 0.5) is 5.69 Å². The normalized spacial score (nSPS) is 14.8. The lowest BCUT2D eigenvalue weighted by molar-refractivity contribution is -0.143. The molecule has 2 aromatic rings. The van der Waals surface area contributed by atoms with Crippen molar-refractivity contribution in [2.24, 2.45) is 4.99 Å². The van der Waals surface area contributed by atoms with Crippen LogP contribution in [-0.2, 0) is 32.1 Å². The summed E-state index contributed by atoms with van der Waals surface area (Å²) in [6.07, 6.45) is 7.08. The molecule has 2 amide bonds. The van der Waals surface area contributed by atoms with Gasteiger partial charge in [-0.25, -0.2) is 4.99 Å². The van der Waals surface area contributed by atoms with Crippen LogP contribution in [0.5, 0.6) is 11.5 Å². The fourth-order valence-electron chi connectivity index (χ4n) is 5.31. The average Bonchev–Trinajstić information content (AvgIpc) is 3.00. The molecule has 1 heterocycles. The van der Waals surface area contributed by atoms with Crippen molar-refractivity contribution < 1.29 is 28.6 Å². The maximum absolute atomic E-state index is 12.9. The van der Waals surface area contributed by atoms with Gasteiger partial charge in [0.2, 0.25) is 17.8 Å². The quantitative estimate of drug-likeness (QED) is 0.294. The van der Waals surface area contributed by atoms with Crippen LogP contribution in [0, 0.1) is 0 Å². The Balaban J connectivity index is 1.36. The maximum atomic E-state index is 12.9. The highest BCUT2D eigenvalue weighted by molar-refractivity contribution is 6.00. The minimum absolute atomic E-state index is 0.0589. The Hall–Kier alpha value is -4.08. The standard InChI is InChI=1S/C32H42N4O6/c1-4-41-31(39)22-36-21-24-20-27(42-18-8-11-30(38)35(2)25-9-6-5-7-10-25)16-17-28(24)33-32(36)34-29(37)19-23-12-14-26(40-3)15-13-23/h12-17,20,25H,4-11,18-19,21-22H2,1-3H3,(H,33,34,37). The molecule has 1 N–H and O–H groups in total. The molecule has 2 aliphatic rings. The lowest BCUT2D eigenvalue weighted by atomic mass is 9.94. The first kappa shape index (κ1) is 30.9. The highest BCUT2D eigenvalue weighted by Crippen LogP contribution is 2.30. The van der Waals surface area contributed by atoms with Gasteiger partial charge in [-0.2, -0.15) is 0 Å². The molecule has 0 radical (unpaired) electrons. The molecule has 0 atom stereocenters. The fourth-order valence-corrected chi connectivity index (χ4v) is 5.31. The molecule has 10 nitrogen and oxygen atoms in total. The molecule has 0 spiro atoms. The van der Waals surface area contributed by atoms with E-state index >= 15 is 0 Å². The second kappa shape index (κ2) is 15.2. The number of methoxy groups -OCH3 is 1. The van der Waals surface area contributed by atoms with Gasteiger partial charge in [0.1, 0.15) is 18.0 Å². The summed E-state index contributed by atoms with van der Waals surface area (Å²) in [4.78, 5) is 46.1. The number of nitrogens with zero attached hydrogens (tertiary/aromatic N) is 3. The van der Waals surface area contributed by atoms with Crippen molar-refractivity contribution >= 4 is 29.4 Å². The fraction of sp³-hybridized carbons (Fsp3) is 0.500. The third kappa shape index (κ3) is 8.71. The van der Waals surface area contributed by atoms with E-state index in [1.165, 1.54) is 19.3 Å². The number of hydrogen-bond acceptors (Lipinski definition) is 8. The number of nitrogens with one attached hydrogen (secondary N) is 1. The van der Waals surface area contributed by atoms with Gasteiger partial charge in [0.25, 0.3) is 0 Å². The Labute approximate surface area is 248 Å². The molecule has 0 aromatic heterocycles. The summed E-state index contributed by atoms with van der Waals surface area (Å²) in [5, 5.41) is 2.86. The van der Waals surface area contributed by atoms with E-state index in [2.05, 4.69) is 10.3 Å². The molecule has 4 rings (SSSR count). The molecular formula is C32H42N4O6. The predicted octanol–water partition coefficient (Wildman–Crippen LogP) is 4.37. The number of carbonyl (C=O) groups is 3. The number of esters is 1. The van der Waals surface area contributed by atoms with Crippen molar-refractivity contribution in [1.29, 1.82) is 0 Å². The monoisotopic (exact) mass is 578 g/mol. The molecule has 10 heteroatoms. The summed E-state index contributed by atoms with van der Waals surface area (Å²) in [5.74, 6) is 1.19. The molecule has 0 unspecified atom stereocenters. The van der Waals surface area contributed by atoms with Gasteiger partial charge in [-0.05, 0) is 62.1 Å². The molecular weight excluding hydrogens is 536 g/mol. The van der Waals surface area contributed by atoms with Gasteiger partial charge in [-0.1, -0.05) is 31.4 Å². The van der Waals surface area contributed by atoms with Crippen molar-refractivity contribution in [2.75, 3.05) is 33.9 Å². The average molecular weight is 579 g/mol. The highest BCUT2D eigenvalue weighted by Gasteiger charge is 2.25. The number of carbonyl (C=O) groups excluding carboxylic acids is 3. The number of aliphatic imine (C=N–C) groups is 1. The van der Waals surface area contributed by atoms with E-state index < -0.39 is 5.97 Å². The van der Waals surface area contributed by atoms with Crippen LogP contribution in [0.2, 0.25) is 0 Å². The Bertz CT molecular complexity index is 1260. The van der Waals surface area contributed by atoms with E-state index in [0.717, 1.165) is 24.0 Å². The Morgan fingerprint density at radius 2 is 1.79 bits per heavy atom. The van der Waals surface area contributed by atoms with E-state index in [9.17, 15) is 14.4 Å². The largest absolute Gasteiger partial charge is 0.497 e. The third-order valence-corrected chi connectivity index (χ3v) is 7.66. The molecule has 42 heavy (non-hydrogen) atoms. The van der Waals surface area contributed by atoms with Crippen molar-refractivity contribution in [2.45, 2.75) is 70.9 Å². The third-order valence-electron chi connectivity index (χ3n) is 7.66. The smallest absolute Gasteiger partial charge is 0.325 e.